The van der Waals surface area contributed by atoms with Gasteiger partial charge in [-0.3, -0.25) is 0 Å². The summed E-state index contributed by atoms with van der Waals surface area (Å²) in [4.78, 5) is 2.32. The zero-order chi connectivity index (χ0) is 12.5. The molecule has 3 heteroatoms. The number of rotatable bonds is 2. The van der Waals surface area contributed by atoms with Crippen molar-refractivity contribution >= 4 is 16.5 Å². The molecule has 1 aliphatic heterocycles. The third-order valence-corrected chi connectivity index (χ3v) is 3.32. The van der Waals surface area contributed by atoms with E-state index in [-0.39, 0.29) is 6.04 Å². The van der Waals surface area contributed by atoms with Crippen molar-refractivity contribution in [1.82, 2.24) is 0 Å². The molecule has 0 aliphatic carbocycles. The van der Waals surface area contributed by atoms with E-state index in [4.69, 9.17) is 10.5 Å². The summed E-state index contributed by atoms with van der Waals surface area (Å²) >= 11 is 0. The van der Waals surface area contributed by atoms with Gasteiger partial charge in [0.1, 0.15) is 12.4 Å². The quantitative estimate of drug-likeness (QED) is 0.878. The molecule has 0 saturated carbocycles. The Balaban J connectivity index is 2.10. The van der Waals surface area contributed by atoms with Gasteiger partial charge in [-0.1, -0.05) is 30.3 Å². The first-order valence-electron chi connectivity index (χ1n) is 6.41. The summed E-state index contributed by atoms with van der Waals surface area (Å²) in [5, 5.41) is 2.41. The Hall–Kier alpha value is -1.74. The largest absolute Gasteiger partial charge is 0.489 e. The number of nitrogens with two attached hydrogens (primary N) is 1. The summed E-state index contributed by atoms with van der Waals surface area (Å²) in [6, 6.07) is 12.8. The van der Waals surface area contributed by atoms with Gasteiger partial charge in [-0.15, -0.1) is 0 Å². The molecule has 3 nitrogen and oxygen atoms in total. The summed E-state index contributed by atoms with van der Waals surface area (Å²) in [6.45, 7) is 4.55. The normalized spacial score (nSPS) is 16.2. The predicted molar refractivity (Wildman–Crippen MR) is 75.3 cm³/mol. The summed E-state index contributed by atoms with van der Waals surface area (Å²) in [7, 11) is 0. The average molecular weight is 242 g/mol. The number of nitrogens with zero attached hydrogens (tertiary/aromatic N) is 1. The summed E-state index contributed by atoms with van der Waals surface area (Å²) < 4.78 is 5.87. The van der Waals surface area contributed by atoms with E-state index in [2.05, 4.69) is 41.3 Å². The molecular formula is C15H18N2O. The number of hydrogen-bond acceptors (Lipinski definition) is 3. The smallest absolute Gasteiger partial charge is 0.150 e. The van der Waals surface area contributed by atoms with Crippen LogP contribution in [0.5, 0.6) is 5.75 Å². The van der Waals surface area contributed by atoms with Crippen LogP contribution in [0.4, 0.5) is 5.69 Å². The van der Waals surface area contributed by atoms with Crippen LogP contribution in [0.2, 0.25) is 0 Å². The number of fused-ring (bicyclic) bond motifs is 3. The minimum atomic E-state index is 0.169. The maximum Gasteiger partial charge on any atom is 0.150 e. The van der Waals surface area contributed by atoms with E-state index in [0.717, 1.165) is 31.1 Å². The molecule has 0 bridgehead atoms. The molecule has 1 heterocycles. The van der Waals surface area contributed by atoms with Crippen molar-refractivity contribution in [3.8, 4) is 5.75 Å². The maximum atomic E-state index is 5.91. The summed E-state index contributed by atoms with van der Waals surface area (Å²) in [5.74, 6) is 1.00. The van der Waals surface area contributed by atoms with Gasteiger partial charge in [0.2, 0.25) is 0 Å². The first-order valence-corrected chi connectivity index (χ1v) is 6.41. The zero-order valence-electron chi connectivity index (χ0n) is 10.6. The first-order chi connectivity index (χ1) is 8.75. The van der Waals surface area contributed by atoms with E-state index >= 15 is 0 Å². The second-order valence-electron chi connectivity index (χ2n) is 4.91. The van der Waals surface area contributed by atoms with Gasteiger partial charge in [-0.2, -0.15) is 0 Å². The zero-order valence-corrected chi connectivity index (χ0v) is 10.6. The molecule has 0 aromatic heterocycles. The Morgan fingerprint density at radius 3 is 2.94 bits per heavy atom. The standard InChI is InChI=1S/C15H18N2O/c1-11(16)10-17-8-9-18-15-13-5-3-2-4-12(13)6-7-14(15)17/h2-7,11H,8-10,16H2,1H3. The highest BCUT2D eigenvalue weighted by Crippen LogP contribution is 2.38. The van der Waals surface area contributed by atoms with Gasteiger partial charge in [-0.25, -0.2) is 0 Å². The lowest BCUT2D eigenvalue weighted by Crippen LogP contribution is -2.40. The van der Waals surface area contributed by atoms with E-state index in [1.807, 2.05) is 6.92 Å². The molecule has 94 valence electrons. The average Bonchev–Trinajstić information content (AvgIpc) is 2.38. The van der Waals surface area contributed by atoms with Crippen molar-refractivity contribution in [1.29, 1.82) is 0 Å². The van der Waals surface area contributed by atoms with Crippen molar-refractivity contribution < 1.29 is 4.74 Å². The van der Waals surface area contributed by atoms with Crippen LogP contribution in [-0.4, -0.2) is 25.7 Å². The molecule has 0 amide bonds. The fourth-order valence-corrected chi connectivity index (χ4v) is 2.55. The molecule has 0 fully saturated rings. The lowest BCUT2D eigenvalue weighted by atomic mass is 10.1. The fraction of sp³-hybridized carbons (Fsp3) is 0.333. The molecule has 3 rings (SSSR count). The number of benzene rings is 2. The number of ether oxygens (including phenoxy) is 1. The molecule has 1 atom stereocenters. The Labute approximate surface area is 107 Å². The van der Waals surface area contributed by atoms with Crippen LogP contribution in [0.25, 0.3) is 10.8 Å². The minimum absolute atomic E-state index is 0.169. The van der Waals surface area contributed by atoms with Crippen LogP contribution in [0.3, 0.4) is 0 Å². The van der Waals surface area contributed by atoms with Crippen molar-refractivity contribution in [2.24, 2.45) is 5.73 Å². The SMILES string of the molecule is CC(N)CN1CCOc2c1ccc1ccccc21. The van der Waals surface area contributed by atoms with Gasteiger partial charge in [-0.05, 0) is 18.4 Å². The van der Waals surface area contributed by atoms with E-state index in [1.54, 1.807) is 0 Å². The van der Waals surface area contributed by atoms with Crippen LogP contribution < -0.4 is 15.4 Å². The van der Waals surface area contributed by atoms with Gasteiger partial charge in [0.05, 0.1) is 12.2 Å². The molecule has 1 unspecified atom stereocenters. The minimum Gasteiger partial charge on any atom is -0.489 e. The van der Waals surface area contributed by atoms with Crippen molar-refractivity contribution in [2.75, 3.05) is 24.6 Å². The number of hydrogen-bond donors (Lipinski definition) is 1. The van der Waals surface area contributed by atoms with E-state index < -0.39 is 0 Å². The lowest BCUT2D eigenvalue weighted by molar-refractivity contribution is 0.310. The van der Waals surface area contributed by atoms with Gasteiger partial charge in [0.25, 0.3) is 0 Å². The van der Waals surface area contributed by atoms with Crippen LogP contribution >= 0.6 is 0 Å². The monoisotopic (exact) mass is 242 g/mol. The van der Waals surface area contributed by atoms with Crippen molar-refractivity contribution in [2.45, 2.75) is 13.0 Å². The third kappa shape index (κ3) is 1.91. The molecule has 1 aliphatic rings. The van der Waals surface area contributed by atoms with Gasteiger partial charge >= 0.3 is 0 Å². The topological polar surface area (TPSA) is 38.5 Å². The van der Waals surface area contributed by atoms with Crippen LogP contribution in [0, 0.1) is 0 Å². The summed E-state index contributed by atoms with van der Waals surface area (Å²) in [6.07, 6.45) is 0. The third-order valence-electron chi connectivity index (χ3n) is 3.32. The molecule has 2 aromatic rings. The lowest BCUT2D eigenvalue weighted by Gasteiger charge is -2.33. The van der Waals surface area contributed by atoms with Crippen LogP contribution in [0.1, 0.15) is 6.92 Å². The highest BCUT2D eigenvalue weighted by molar-refractivity contribution is 5.94. The highest BCUT2D eigenvalue weighted by atomic mass is 16.5. The Kier molecular flexibility index (Phi) is 2.84. The Morgan fingerprint density at radius 1 is 1.28 bits per heavy atom. The van der Waals surface area contributed by atoms with E-state index in [0.29, 0.717) is 0 Å². The molecular weight excluding hydrogens is 224 g/mol. The molecule has 2 aromatic carbocycles. The molecule has 0 radical (unpaired) electrons. The Morgan fingerprint density at radius 2 is 2.11 bits per heavy atom. The van der Waals surface area contributed by atoms with Crippen molar-refractivity contribution in [3.05, 3.63) is 36.4 Å². The second kappa shape index (κ2) is 4.50. The van der Waals surface area contributed by atoms with Crippen molar-refractivity contribution in [3.63, 3.8) is 0 Å². The molecule has 0 saturated heterocycles. The maximum absolute atomic E-state index is 5.91. The van der Waals surface area contributed by atoms with E-state index in [1.165, 1.54) is 10.8 Å². The molecule has 2 N–H and O–H groups in total. The van der Waals surface area contributed by atoms with Gasteiger partial charge in [0.15, 0.2) is 0 Å². The van der Waals surface area contributed by atoms with E-state index in [9.17, 15) is 0 Å². The van der Waals surface area contributed by atoms with Gasteiger partial charge in [0, 0.05) is 18.0 Å². The Bertz CT molecular complexity index is 565. The summed E-state index contributed by atoms with van der Waals surface area (Å²) in [5.41, 5.74) is 7.07. The number of anilines is 1. The van der Waals surface area contributed by atoms with Crippen LogP contribution in [0.15, 0.2) is 36.4 Å². The first kappa shape index (κ1) is 11.4. The van der Waals surface area contributed by atoms with Gasteiger partial charge < -0.3 is 15.4 Å². The predicted octanol–water partition coefficient (Wildman–Crippen LogP) is 2.39. The molecule has 18 heavy (non-hydrogen) atoms. The molecule has 0 spiro atoms. The highest BCUT2D eigenvalue weighted by Gasteiger charge is 2.20. The second-order valence-corrected chi connectivity index (χ2v) is 4.91. The van der Waals surface area contributed by atoms with Crippen LogP contribution in [-0.2, 0) is 0 Å². The fourth-order valence-electron chi connectivity index (χ4n) is 2.55.